The van der Waals surface area contributed by atoms with Gasteiger partial charge in [-0.05, 0) is 37.1 Å². The van der Waals surface area contributed by atoms with E-state index in [-0.39, 0.29) is 11.5 Å². The molecule has 0 bridgehead atoms. The molecule has 0 saturated heterocycles. The number of benzene rings is 1. The summed E-state index contributed by atoms with van der Waals surface area (Å²) in [6.07, 6.45) is 8.66. The van der Waals surface area contributed by atoms with E-state index in [0.717, 1.165) is 12.1 Å². The van der Waals surface area contributed by atoms with E-state index in [0.29, 0.717) is 23.3 Å². The zero-order valence-electron chi connectivity index (χ0n) is 13.3. The van der Waals surface area contributed by atoms with E-state index in [1.165, 1.54) is 13.2 Å². The number of hydrogen-bond donors (Lipinski definition) is 1. The molecule has 0 unspecified atom stereocenters. The van der Waals surface area contributed by atoms with Crippen molar-refractivity contribution < 1.29 is 14.6 Å². The second kappa shape index (κ2) is 7.45. The van der Waals surface area contributed by atoms with Gasteiger partial charge in [0.1, 0.15) is 0 Å². The summed E-state index contributed by atoms with van der Waals surface area (Å²) in [6.45, 7) is 6.35. The highest BCUT2D eigenvalue weighted by atomic mass is 16.5. The zero-order valence-corrected chi connectivity index (χ0v) is 13.3. The van der Waals surface area contributed by atoms with Crippen LogP contribution in [0.2, 0.25) is 0 Å². The fraction of sp³-hybridized carbons (Fsp3) is 0.222. The average Bonchev–Trinajstić information content (AvgIpc) is 3.04. The Morgan fingerprint density at radius 1 is 1.48 bits per heavy atom. The van der Waals surface area contributed by atoms with Crippen LogP contribution in [0.3, 0.4) is 0 Å². The molecule has 23 heavy (non-hydrogen) atoms. The minimum Gasteiger partial charge on any atom is -0.504 e. The standard InChI is InChI=1S/C18H20N2O3/c1-4-6-14-9-13(10-17(23-3)18(14)22)7-8-16(21)15-11-19-20(5-2)12-15/h4,7-12,22H,1,5-6H2,2-3H3. The predicted octanol–water partition coefficient (Wildman–Crippen LogP) is 3.24. The average molecular weight is 312 g/mol. The van der Waals surface area contributed by atoms with Crippen molar-refractivity contribution in [1.29, 1.82) is 0 Å². The third-order valence-electron chi connectivity index (χ3n) is 3.43. The third kappa shape index (κ3) is 3.88. The molecule has 120 valence electrons. The Bertz CT molecular complexity index is 745. The first-order valence-electron chi connectivity index (χ1n) is 7.34. The summed E-state index contributed by atoms with van der Waals surface area (Å²) < 4.78 is 6.87. The summed E-state index contributed by atoms with van der Waals surface area (Å²) in [5.74, 6) is 0.345. The van der Waals surface area contributed by atoms with Gasteiger partial charge in [-0.25, -0.2) is 0 Å². The van der Waals surface area contributed by atoms with Gasteiger partial charge in [-0.15, -0.1) is 6.58 Å². The van der Waals surface area contributed by atoms with Gasteiger partial charge >= 0.3 is 0 Å². The molecule has 1 heterocycles. The molecule has 0 amide bonds. The number of aromatic nitrogens is 2. The van der Waals surface area contributed by atoms with Crippen molar-refractivity contribution in [3.8, 4) is 11.5 Å². The molecule has 2 rings (SSSR count). The maximum Gasteiger partial charge on any atom is 0.189 e. The van der Waals surface area contributed by atoms with Crippen molar-refractivity contribution in [2.24, 2.45) is 0 Å². The molecular formula is C18H20N2O3. The number of carbonyl (C=O) groups is 1. The van der Waals surface area contributed by atoms with Gasteiger partial charge in [0.05, 0.1) is 18.9 Å². The van der Waals surface area contributed by atoms with Gasteiger partial charge in [-0.3, -0.25) is 9.48 Å². The van der Waals surface area contributed by atoms with Gasteiger partial charge in [0.25, 0.3) is 0 Å². The van der Waals surface area contributed by atoms with E-state index in [1.807, 2.05) is 6.92 Å². The lowest BCUT2D eigenvalue weighted by atomic mass is 10.0. The molecular weight excluding hydrogens is 292 g/mol. The van der Waals surface area contributed by atoms with Crippen LogP contribution in [0.25, 0.3) is 6.08 Å². The van der Waals surface area contributed by atoms with Crippen molar-refractivity contribution in [3.05, 3.63) is 59.9 Å². The summed E-state index contributed by atoms with van der Waals surface area (Å²) >= 11 is 0. The normalized spacial score (nSPS) is 10.9. The van der Waals surface area contributed by atoms with E-state index >= 15 is 0 Å². The lowest BCUT2D eigenvalue weighted by molar-refractivity contribution is 0.104. The highest BCUT2D eigenvalue weighted by Crippen LogP contribution is 2.32. The number of ether oxygens (including phenoxy) is 1. The van der Waals surface area contributed by atoms with Crippen LogP contribution in [0, 0.1) is 0 Å². The number of phenols is 1. The Morgan fingerprint density at radius 2 is 2.26 bits per heavy atom. The van der Waals surface area contributed by atoms with Crippen LogP contribution in [0.5, 0.6) is 11.5 Å². The van der Waals surface area contributed by atoms with Crippen LogP contribution in [0.4, 0.5) is 0 Å². The van der Waals surface area contributed by atoms with E-state index < -0.39 is 0 Å². The number of aryl methyl sites for hydroxylation is 1. The predicted molar refractivity (Wildman–Crippen MR) is 89.8 cm³/mol. The number of phenolic OH excluding ortho intramolecular Hbond substituents is 1. The molecule has 0 aliphatic rings. The number of ketones is 1. The largest absolute Gasteiger partial charge is 0.504 e. The molecule has 0 atom stereocenters. The Hall–Kier alpha value is -2.82. The maximum atomic E-state index is 12.1. The van der Waals surface area contributed by atoms with Crippen LogP contribution in [-0.2, 0) is 13.0 Å². The number of rotatable bonds is 7. The second-order valence-electron chi connectivity index (χ2n) is 5.01. The zero-order chi connectivity index (χ0) is 16.8. The van der Waals surface area contributed by atoms with Gasteiger partial charge in [0.2, 0.25) is 0 Å². The number of hydrogen-bond acceptors (Lipinski definition) is 4. The number of nitrogens with zero attached hydrogens (tertiary/aromatic N) is 2. The molecule has 0 aliphatic heterocycles. The van der Waals surface area contributed by atoms with Gasteiger partial charge in [0.15, 0.2) is 17.3 Å². The van der Waals surface area contributed by atoms with Crippen LogP contribution < -0.4 is 4.74 Å². The minimum absolute atomic E-state index is 0.0973. The van der Waals surface area contributed by atoms with E-state index in [2.05, 4.69) is 11.7 Å². The fourth-order valence-electron chi connectivity index (χ4n) is 2.18. The molecule has 2 aromatic rings. The molecule has 5 nitrogen and oxygen atoms in total. The maximum absolute atomic E-state index is 12.1. The smallest absolute Gasteiger partial charge is 0.189 e. The van der Waals surface area contributed by atoms with Crippen molar-refractivity contribution in [3.63, 3.8) is 0 Å². The van der Waals surface area contributed by atoms with Crippen LogP contribution in [0.15, 0.2) is 43.3 Å². The van der Waals surface area contributed by atoms with Crippen molar-refractivity contribution in [1.82, 2.24) is 9.78 Å². The van der Waals surface area contributed by atoms with Gasteiger partial charge < -0.3 is 9.84 Å². The summed E-state index contributed by atoms with van der Waals surface area (Å²) in [5.41, 5.74) is 2.01. The van der Waals surface area contributed by atoms with Crippen LogP contribution in [-0.4, -0.2) is 27.8 Å². The Labute approximate surface area is 135 Å². The first-order valence-corrected chi connectivity index (χ1v) is 7.34. The highest BCUT2D eigenvalue weighted by Gasteiger charge is 2.09. The van der Waals surface area contributed by atoms with E-state index in [9.17, 15) is 9.90 Å². The number of aromatic hydroxyl groups is 1. The molecule has 5 heteroatoms. The van der Waals surface area contributed by atoms with Crippen molar-refractivity contribution >= 4 is 11.9 Å². The molecule has 0 saturated carbocycles. The lowest BCUT2D eigenvalue weighted by Gasteiger charge is -2.09. The van der Waals surface area contributed by atoms with Gasteiger partial charge in [-0.2, -0.15) is 5.10 Å². The highest BCUT2D eigenvalue weighted by molar-refractivity contribution is 6.06. The van der Waals surface area contributed by atoms with E-state index in [1.54, 1.807) is 41.4 Å². The van der Waals surface area contributed by atoms with Crippen molar-refractivity contribution in [2.75, 3.05) is 7.11 Å². The number of carbonyl (C=O) groups excluding carboxylic acids is 1. The fourth-order valence-corrected chi connectivity index (χ4v) is 2.18. The quantitative estimate of drug-likeness (QED) is 0.484. The first-order chi connectivity index (χ1) is 11.1. The molecule has 1 aromatic carbocycles. The molecule has 1 aromatic heterocycles. The van der Waals surface area contributed by atoms with Crippen LogP contribution >= 0.6 is 0 Å². The lowest BCUT2D eigenvalue weighted by Crippen LogP contribution is -1.95. The van der Waals surface area contributed by atoms with Crippen molar-refractivity contribution in [2.45, 2.75) is 19.9 Å². The first kappa shape index (κ1) is 16.5. The Kier molecular flexibility index (Phi) is 5.36. The SMILES string of the molecule is C=CCc1cc(C=CC(=O)c2cnn(CC)c2)cc(OC)c1O. The Morgan fingerprint density at radius 3 is 2.87 bits per heavy atom. The molecule has 0 radical (unpaired) electrons. The monoisotopic (exact) mass is 312 g/mol. The minimum atomic E-state index is -0.123. The molecule has 0 aliphatic carbocycles. The molecule has 0 spiro atoms. The summed E-state index contributed by atoms with van der Waals surface area (Å²) in [4.78, 5) is 12.1. The number of allylic oxidation sites excluding steroid dienone is 2. The Balaban J connectivity index is 2.25. The van der Waals surface area contributed by atoms with Gasteiger partial charge in [0, 0.05) is 18.3 Å². The number of methoxy groups -OCH3 is 1. The second-order valence-corrected chi connectivity index (χ2v) is 5.01. The van der Waals surface area contributed by atoms with Gasteiger partial charge in [-0.1, -0.05) is 12.2 Å². The topological polar surface area (TPSA) is 64.4 Å². The van der Waals surface area contributed by atoms with Crippen LogP contribution in [0.1, 0.15) is 28.4 Å². The summed E-state index contributed by atoms with van der Waals surface area (Å²) in [6, 6.07) is 3.49. The van der Waals surface area contributed by atoms with E-state index in [4.69, 9.17) is 4.74 Å². The third-order valence-corrected chi connectivity index (χ3v) is 3.43. The summed E-state index contributed by atoms with van der Waals surface area (Å²) in [5, 5.41) is 14.1. The summed E-state index contributed by atoms with van der Waals surface area (Å²) in [7, 11) is 1.49. The molecule has 1 N–H and O–H groups in total. The molecule has 0 fully saturated rings.